The minimum absolute atomic E-state index is 0.0489. The molecule has 4 rings (SSSR count). The van der Waals surface area contributed by atoms with Crippen molar-refractivity contribution < 1.29 is 9.90 Å². The van der Waals surface area contributed by atoms with Gasteiger partial charge >= 0.3 is 5.97 Å². The molecule has 0 radical (unpaired) electrons. The molecule has 0 fully saturated rings. The largest absolute Gasteiger partial charge is 0.481 e. The minimum Gasteiger partial charge on any atom is -0.481 e. The minimum atomic E-state index is -0.736. The molecule has 0 saturated heterocycles. The van der Waals surface area contributed by atoms with E-state index in [0.29, 0.717) is 5.92 Å². The highest BCUT2D eigenvalue weighted by Crippen LogP contribution is 2.48. The van der Waals surface area contributed by atoms with Gasteiger partial charge in [-0.1, -0.05) is 41.5 Å². The molecule has 0 saturated carbocycles. The molecule has 27 heavy (non-hydrogen) atoms. The second-order valence-electron chi connectivity index (χ2n) is 7.25. The molecule has 0 spiro atoms. The number of aryl methyl sites for hydroxylation is 1. The summed E-state index contributed by atoms with van der Waals surface area (Å²) >= 11 is 5.22. The Morgan fingerprint density at radius 1 is 1.33 bits per heavy atom. The summed E-state index contributed by atoms with van der Waals surface area (Å²) in [6, 6.07) is 10.3. The van der Waals surface area contributed by atoms with E-state index in [9.17, 15) is 9.90 Å². The molecule has 1 unspecified atom stereocenters. The number of pyridine rings is 1. The molecule has 3 heterocycles. The second-order valence-corrected chi connectivity index (χ2v) is 9.25. The standard InChI is InChI=1S/C21H21BrN2O2S/c1-12(2)19-18-16(7-9-23-19)24-10-8-13(11-17(25)26)20(24)21(18)27-15-5-3-14(22)4-6-15/h3-7,9,12-13H,8,10-11H2,1-2H3,(H,25,26). The number of rotatable bonds is 5. The molecular weight excluding hydrogens is 424 g/mol. The SMILES string of the molecule is CC(C)c1nccc2c1c(Sc1ccc(Br)cc1)c1n2CCC1CC(=O)O. The van der Waals surface area contributed by atoms with Crippen molar-refractivity contribution in [1.82, 2.24) is 9.55 Å². The summed E-state index contributed by atoms with van der Waals surface area (Å²) in [6.45, 7) is 5.19. The number of hydrogen-bond donors (Lipinski definition) is 1. The summed E-state index contributed by atoms with van der Waals surface area (Å²) in [5, 5.41) is 10.6. The molecule has 1 aliphatic heterocycles. The quantitative estimate of drug-likeness (QED) is 0.521. The van der Waals surface area contributed by atoms with E-state index in [4.69, 9.17) is 0 Å². The zero-order chi connectivity index (χ0) is 19.1. The topological polar surface area (TPSA) is 55.1 Å². The summed E-state index contributed by atoms with van der Waals surface area (Å²) < 4.78 is 3.37. The lowest BCUT2D eigenvalue weighted by atomic mass is 9.99. The van der Waals surface area contributed by atoms with Crippen LogP contribution in [0.4, 0.5) is 0 Å². The van der Waals surface area contributed by atoms with Gasteiger partial charge in [-0.25, -0.2) is 0 Å². The van der Waals surface area contributed by atoms with E-state index in [1.807, 2.05) is 18.3 Å². The Hall–Kier alpha value is -1.79. The number of benzene rings is 1. The molecule has 3 aromatic rings. The third kappa shape index (κ3) is 3.41. The van der Waals surface area contributed by atoms with Crippen molar-refractivity contribution in [3.63, 3.8) is 0 Å². The first kappa shape index (κ1) is 18.6. The van der Waals surface area contributed by atoms with Gasteiger partial charge in [-0.2, -0.15) is 0 Å². The summed E-state index contributed by atoms with van der Waals surface area (Å²) in [6.07, 6.45) is 2.93. The highest BCUT2D eigenvalue weighted by Gasteiger charge is 2.32. The number of carboxylic acids is 1. The van der Waals surface area contributed by atoms with E-state index in [0.717, 1.165) is 33.7 Å². The summed E-state index contributed by atoms with van der Waals surface area (Å²) in [7, 11) is 0. The number of carbonyl (C=O) groups is 1. The van der Waals surface area contributed by atoms with Crippen molar-refractivity contribution in [2.75, 3.05) is 0 Å². The highest BCUT2D eigenvalue weighted by atomic mass is 79.9. The van der Waals surface area contributed by atoms with E-state index < -0.39 is 5.97 Å². The van der Waals surface area contributed by atoms with Crippen LogP contribution in [-0.4, -0.2) is 20.6 Å². The zero-order valence-electron chi connectivity index (χ0n) is 15.3. The molecule has 1 aliphatic rings. The number of fused-ring (bicyclic) bond motifs is 3. The third-order valence-electron chi connectivity index (χ3n) is 5.09. The van der Waals surface area contributed by atoms with Crippen LogP contribution in [0.25, 0.3) is 10.9 Å². The summed E-state index contributed by atoms with van der Waals surface area (Å²) in [5.74, 6) is -0.382. The van der Waals surface area contributed by atoms with Gasteiger partial charge in [0.05, 0.1) is 17.6 Å². The van der Waals surface area contributed by atoms with Gasteiger partial charge in [0, 0.05) is 44.0 Å². The van der Waals surface area contributed by atoms with Crippen molar-refractivity contribution in [3.8, 4) is 0 Å². The van der Waals surface area contributed by atoms with Gasteiger partial charge in [-0.15, -0.1) is 0 Å². The van der Waals surface area contributed by atoms with Gasteiger partial charge < -0.3 is 9.67 Å². The summed E-state index contributed by atoms with van der Waals surface area (Å²) in [4.78, 5) is 18.4. The molecule has 4 nitrogen and oxygen atoms in total. The van der Waals surface area contributed by atoms with Crippen LogP contribution < -0.4 is 0 Å². The second kappa shape index (κ2) is 7.32. The number of carboxylic acid groups (broad SMARTS) is 1. The van der Waals surface area contributed by atoms with Crippen LogP contribution in [0.15, 0.2) is 50.8 Å². The molecule has 1 atom stereocenters. The maximum Gasteiger partial charge on any atom is 0.304 e. The van der Waals surface area contributed by atoms with Gasteiger partial charge in [0.2, 0.25) is 0 Å². The monoisotopic (exact) mass is 444 g/mol. The van der Waals surface area contributed by atoms with Crippen molar-refractivity contribution in [2.24, 2.45) is 0 Å². The van der Waals surface area contributed by atoms with Gasteiger partial charge in [0.25, 0.3) is 0 Å². The summed E-state index contributed by atoms with van der Waals surface area (Å²) in [5.41, 5.74) is 3.43. The Kier molecular flexibility index (Phi) is 5.03. The zero-order valence-corrected chi connectivity index (χ0v) is 17.7. The maximum absolute atomic E-state index is 11.4. The van der Waals surface area contributed by atoms with E-state index in [1.165, 1.54) is 15.8 Å². The Labute approximate surface area is 171 Å². The van der Waals surface area contributed by atoms with Crippen LogP contribution in [0, 0.1) is 0 Å². The van der Waals surface area contributed by atoms with Gasteiger partial charge in [0.15, 0.2) is 0 Å². The number of hydrogen-bond acceptors (Lipinski definition) is 3. The molecular formula is C21H21BrN2O2S. The molecule has 1 N–H and O–H groups in total. The number of nitrogens with zero attached hydrogens (tertiary/aromatic N) is 2. The average molecular weight is 445 g/mol. The lowest BCUT2D eigenvalue weighted by molar-refractivity contribution is -0.137. The number of halogens is 1. The smallest absolute Gasteiger partial charge is 0.304 e. The molecule has 0 amide bonds. The Balaban J connectivity index is 1.93. The van der Waals surface area contributed by atoms with E-state index in [2.05, 4.69) is 57.5 Å². The number of aromatic nitrogens is 2. The molecule has 1 aromatic carbocycles. The van der Waals surface area contributed by atoms with Crippen LogP contribution in [0.3, 0.4) is 0 Å². The first-order valence-corrected chi connectivity index (χ1v) is 10.7. The maximum atomic E-state index is 11.4. The fourth-order valence-electron chi connectivity index (χ4n) is 3.94. The van der Waals surface area contributed by atoms with E-state index in [-0.39, 0.29) is 12.3 Å². The van der Waals surface area contributed by atoms with E-state index >= 15 is 0 Å². The number of aliphatic carboxylic acids is 1. The molecule has 6 heteroatoms. The lowest BCUT2D eigenvalue weighted by Crippen LogP contribution is -2.04. The van der Waals surface area contributed by atoms with Crippen LogP contribution in [0.5, 0.6) is 0 Å². The van der Waals surface area contributed by atoms with Crippen LogP contribution >= 0.6 is 27.7 Å². The molecule has 0 aliphatic carbocycles. The van der Waals surface area contributed by atoms with Gasteiger partial charge in [-0.3, -0.25) is 9.78 Å². The van der Waals surface area contributed by atoms with Crippen molar-refractivity contribution in [3.05, 3.63) is 52.4 Å². The highest BCUT2D eigenvalue weighted by molar-refractivity contribution is 9.10. The average Bonchev–Trinajstić information content (AvgIpc) is 3.16. The van der Waals surface area contributed by atoms with Crippen LogP contribution in [0.1, 0.15) is 49.9 Å². The van der Waals surface area contributed by atoms with Crippen molar-refractivity contribution in [1.29, 1.82) is 0 Å². The van der Waals surface area contributed by atoms with Gasteiger partial charge in [-0.05, 0) is 42.7 Å². The third-order valence-corrected chi connectivity index (χ3v) is 6.74. The fraction of sp³-hybridized carbons (Fsp3) is 0.333. The first-order valence-electron chi connectivity index (χ1n) is 9.12. The van der Waals surface area contributed by atoms with E-state index in [1.54, 1.807) is 11.8 Å². The van der Waals surface area contributed by atoms with Crippen molar-refractivity contribution in [2.45, 2.75) is 54.9 Å². The molecule has 0 bridgehead atoms. The predicted octanol–water partition coefficient (Wildman–Crippen LogP) is 6.04. The van der Waals surface area contributed by atoms with Gasteiger partial charge in [0.1, 0.15) is 0 Å². The molecule has 2 aromatic heterocycles. The van der Waals surface area contributed by atoms with Crippen LogP contribution in [0.2, 0.25) is 0 Å². The van der Waals surface area contributed by atoms with Crippen LogP contribution in [-0.2, 0) is 11.3 Å². The predicted molar refractivity (Wildman–Crippen MR) is 112 cm³/mol. The first-order chi connectivity index (χ1) is 13.0. The lowest BCUT2D eigenvalue weighted by Gasteiger charge is -2.12. The Morgan fingerprint density at radius 3 is 2.74 bits per heavy atom. The normalized spacial score (nSPS) is 16.2. The Morgan fingerprint density at radius 2 is 2.07 bits per heavy atom. The molecule has 140 valence electrons. The Bertz CT molecular complexity index is 1010. The van der Waals surface area contributed by atoms with Crippen molar-refractivity contribution >= 4 is 44.6 Å². The fourth-order valence-corrected chi connectivity index (χ4v) is 5.41.